The van der Waals surface area contributed by atoms with E-state index in [1.54, 1.807) is 39.7 Å². The molecule has 0 spiro atoms. The van der Waals surface area contributed by atoms with Gasteiger partial charge in [-0.1, -0.05) is 0 Å². The summed E-state index contributed by atoms with van der Waals surface area (Å²) in [6, 6.07) is 5.92. The van der Waals surface area contributed by atoms with E-state index in [2.05, 4.69) is 15.3 Å². The van der Waals surface area contributed by atoms with Gasteiger partial charge in [0, 0.05) is 37.1 Å². The minimum atomic E-state index is -4.60. The molecule has 1 aliphatic rings. The third-order valence-corrected chi connectivity index (χ3v) is 6.82. The van der Waals surface area contributed by atoms with Crippen molar-refractivity contribution in [3.05, 3.63) is 68.3 Å². The number of thiophene rings is 1. The lowest BCUT2D eigenvalue weighted by Gasteiger charge is -2.32. The number of anilines is 1. The van der Waals surface area contributed by atoms with Crippen molar-refractivity contribution in [2.45, 2.75) is 31.6 Å². The minimum absolute atomic E-state index is 0.148. The van der Waals surface area contributed by atoms with Crippen molar-refractivity contribution < 1.29 is 18.0 Å². The number of piperidine rings is 1. The van der Waals surface area contributed by atoms with E-state index >= 15 is 0 Å². The Morgan fingerprint density at radius 2 is 1.97 bits per heavy atom. The molecule has 1 fully saturated rings. The average Bonchev–Trinajstić information content (AvgIpc) is 3.48. The number of urea groups is 1. The molecule has 0 atom stereocenters. The first kappa shape index (κ1) is 23.9. The predicted molar refractivity (Wildman–Crippen MR) is 129 cm³/mol. The number of carbonyl (C=O) groups is 1. The van der Waals surface area contributed by atoms with Crippen molar-refractivity contribution in [3.63, 3.8) is 0 Å². The molecule has 2 N–H and O–H groups in total. The lowest BCUT2D eigenvalue weighted by molar-refractivity contribution is -0.141. The first-order valence-corrected chi connectivity index (χ1v) is 12.1. The number of nitrogens with one attached hydrogen (secondary N) is 2. The van der Waals surface area contributed by atoms with E-state index in [0.717, 1.165) is 6.20 Å². The maximum atomic E-state index is 13.1. The number of amides is 2. The summed E-state index contributed by atoms with van der Waals surface area (Å²) in [5.74, 6) is 0. The average molecular weight is 519 g/mol. The number of fused-ring (bicyclic) bond motifs is 1. The number of alkyl halides is 3. The number of pyridine rings is 2. The van der Waals surface area contributed by atoms with Gasteiger partial charge in [-0.2, -0.15) is 24.5 Å². The molecule has 188 valence electrons. The topological polar surface area (TPSA) is 105 Å². The number of H-pyrrole nitrogens is 1. The Hall–Kier alpha value is -3.87. The molecule has 0 bridgehead atoms. The smallest absolute Gasteiger partial charge is 0.324 e. The molecule has 2 amide bonds. The lowest BCUT2D eigenvalue weighted by Crippen LogP contribution is -2.43. The monoisotopic (exact) mass is 518 g/mol. The summed E-state index contributed by atoms with van der Waals surface area (Å²) in [6.45, 7) is -0.861. The van der Waals surface area contributed by atoms with Crippen LogP contribution in [0.5, 0.6) is 0 Å². The van der Waals surface area contributed by atoms with Crippen LogP contribution in [0.2, 0.25) is 0 Å². The molecule has 5 rings (SSSR count). The second-order valence-electron chi connectivity index (χ2n) is 8.52. The highest BCUT2D eigenvalue weighted by Crippen LogP contribution is 2.27. The fourth-order valence-corrected chi connectivity index (χ4v) is 5.13. The molecule has 36 heavy (non-hydrogen) atoms. The number of imidazole rings is 1. The number of aromatic nitrogens is 4. The molecule has 4 aromatic rings. The van der Waals surface area contributed by atoms with Gasteiger partial charge < -0.3 is 14.8 Å². The normalized spacial score (nSPS) is 14.9. The van der Waals surface area contributed by atoms with Crippen LogP contribution in [0.25, 0.3) is 22.3 Å². The van der Waals surface area contributed by atoms with Crippen LogP contribution >= 0.6 is 11.3 Å². The highest BCUT2D eigenvalue weighted by Gasteiger charge is 2.30. The van der Waals surface area contributed by atoms with Crippen molar-refractivity contribution in [3.8, 4) is 11.1 Å². The van der Waals surface area contributed by atoms with Gasteiger partial charge in [-0.15, -0.1) is 0 Å². The van der Waals surface area contributed by atoms with E-state index < -0.39 is 24.3 Å². The maximum Gasteiger partial charge on any atom is 0.406 e. The summed E-state index contributed by atoms with van der Waals surface area (Å²) in [7, 11) is 0. The van der Waals surface area contributed by atoms with Crippen LogP contribution in [0.15, 0.2) is 57.0 Å². The molecule has 0 unspecified atom stereocenters. The van der Waals surface area contributed by atoms with E-state index in [1.807, 2.05) is 0 Å². The number of hydrogen-bond donors (Lipinski definition) is 2. The highest BCUT2D eigenvalue weighted by atomic mass is 32.1. The van der Waals surface area contributed by atoms with Crippen molar-refractivity contribution in [1.82, 2.24) is 24.0 Å². The third kappa shape index (κ3) is 4.78. The van der Waals surface area contributed by atoms with Gasteiger partial charge in [0.1, 0.15) is 12.2 Å². The molecule has 9 nitrogen and oxygen atoms in total. The number of hydrogen-bond acceptors (Lipinski definition) is 5. The van der Waals surface area contributed by atoms with E-state index in [-0.39, 0.29) is 17.4 Å². The zero-order chi connectivity index (χ0) is 25.4. The molecule has 1 saturated heterocycles. The maximum absolute atomic E-state index is 13.1. The van der Waals surface area contributed by atoms with E-state index in [4.69, 9.17) is 0 Å². The molecule has 1 aliphatic heterocycles. The molecule has 0 aliphatic carbocycles. The van der Waals surface area contributed by atoms with Crippen LogP contribution in [0.3, 0.4) is 0 Å². The van der Waals surface area contributed by atoms with Gasteiger partial charge in [0.25, 0.3) is 5.56 Å². The molecule has 5 heterocycles. The summed E-state index contributed by atoms with van der Waals surface area (Å²) >= 11 is 1.37. The Balaban J connectivity index is 1.34. The number of rotatable bonds is 4. The Labute approximate surface area is 205 Å². The van der Waals surface area contributed by atoms with E-state index in [9.17, 15) is 27.6 Å². The molecule has 13 heteroatoms. The van der Waals surface area contributed by atoms with Gasteiger partial charge >= 0.3 is 17.9 Å². The summed E-state index contributed by atoms with van der Waals surface area (Å²) in [5.41, 5.74) is 0.764. The molecule has 0 radical (unpaired) electrons. The number of halogens is 3. The van der Waals surface area contributed by atoms with Gasteiger partial charge in [0.15, 0.2) is 5.65 Å². The highest BCUT2D eigenvalue weighted by molar-refractivity contribution is 7.08. The molecule has 0 saturated carbocycles. The zero-order valence-corrected chi connectivity index (χ0v) is 19.6. The Kier molecular flexibility index (Phi) is 6.16. The SMILES string of the molecule is O=C(Nc1cc(-c2ccsc2)cn(CC(F)(F)F)c1=O)N1CCC(n2c(=O)[nH]c3ncccc32)CC1. The first-order valence-electron chi connectivity index (χ1n) is 11.1. The van der Waals surface area contributed by atoms with Crippen LogP contribution in [0.4, 0.5) is 23.7 Å². The molecule has 0 aromatic carbocycles. The van der Waals surface area contributed by atoms with Crippen LogP contribution in [0.1, 0.15) is 18.9 Å². The standard InChI is InChI=1S/C23H21F3N6O3S/c24-23(25,26)13-31-11-15(14-5-9-36-12-14)10-17(20(31)33)28-21(34)30-7-3-16(4-8-30)32-18-2-1-6-27-19(18)29-22(32)35/h1-2,5-6,9-12,16H,3-4,7-8,13H2,(H,28,34)(H,27,29,35). The summed E-state index contributed by atoms with van der Waals surface area (Å²) in [6.07, 6.45) is -0.889. The van der Waals surface area contributed by atoms with Gasteiger partial charge in [0.05, 0.1) is 5.52 Å². The minimum Gasteiger partial charge on any atom is -0.324 e. The second-order valence-corrected chi connectivity index (χ2v) is 9.30. The predicted octanol–water partition coefficient (Wildman–Crippen LogP) is 4.05. The quantitative estimate of drug-likeness (QED) is 0.425. The van der Waals surface area contributed by atoms with E-state index in [0.29, 0.717) is 52.8 Å². The van der Waals surface area contributed by atoms with Gasteiger partial charge in [-0.25, -0.2) is 14.6 Å². The van der Waals surface area contributed by atoms with Crippen LogP contribution in [-0.4, -0.2) is 49.3 Å². The Bertz CT molecular complexity index is 1510. The lowest BCUT2D eigenvalue weighted by atomic mass is 10.0. The van der Waals surface area contributed by atoms with Gasteiger partial charge in [0.2, 0.25) is 0 Å². The van der Waals surface area contributed by atoms with Crippen LogP contribution in [-0.2, 0) is 6.54 Å². The van der Waals surface area contributed by atoms with Crippen LogP contribution < -0.4 is 16.6 Å². The fourth-order valence-electron chi connectivity index (χ4n) is 4.46. The second kappa shape index (κ2) is 9.30. The van der Waals surface area contributed by atoms with E-state index in [1.165, 1.54) is 22.3 Å². The molecular weight excluding hydrogens is 497 g/mol. The molecule has 4 aromatic heterocycles. The molecular formula is C23H21F3N6O3S. The Morgan fingerprint density at radius 3 is 2.67 bits per heavy atom. The zero-order valence-electron chi connectivity index (χ0n) is 18.8. The van der Waals surface area contributed by atoms with Crippen molar-refractivity contribution in [1.29, 1.82) is 0 Å². The third-order valence-electron chi connectivity index (χ3n) is 6.14. The van der Waals surface area contributed by atoms with Crippen molar-refractivity contribution in [2.75, 3.05) is 18.4 Å². The first-order chi connectivity index (χ1) is 17.2. The summed E-state index contributed by atoms with van der Waals surface area (Å²) in [4.78, 5) is 46.5. The summed E-state index contributed by atoms with van der Waals surface area (Å²) < 4.78 is 41.4. The number of nitrogens with zero attached hydrogens (tertiary/aromatic N) is 4. The van der Waals surface area contributed by atoms with Gasteiger partial charge in [-0.05, 0) is 53.4 Å². The summed E-state index contributed by atoms with van der Waals surface area (Å²) in [5, 5.41) is 6.02. The van der Waals surface area contributed by atoms with Crippen molar-refractivity contribution in [2.24, 2.45) is 0 Å². The Morgan fingerprint density at radius 1 is 1.19 bits per heavy atom. The van der Waals surface area contributed by atoms with Crippen molar-refractivity contribution >= 4 is 34.2 Å². The fraction of sp³-hybridized carbons (Fsp3) is 0.304. The van der Waals surface area contributed by atoms with Crippen LogP contribution in [0, 0.1) is 0 Å². The number of likely N-dealkylation sites (tertiary alicyclic amines) is 1. The number of aromatic amines is 1. The van der Waals surface area contributed by atoms with Gasteiger partial charge in [-0.3, -0.25) is 14.3 Å². The largest absolute Gasteiger partial charge is 0.406 e. The number of carbonyl (C=O) groups excluding carboxylic acids is 1.